The second kappa shape index (κ2) is 10.0. The van der Waals surface area contributed by atoms with Gasteiger partial charge in [0.15, 0.2) is 0 Å². The average Bonchev–Trinajstić information content (AvgIpc) is 3.24. The quantitative estimate of drug-likeness (QED) is 0.402. The van der Waals surface area contributed by atoms with Gasteiger partial charge in [-0.1, -0.05) is 17.3 Å². The van der Waals surface area contributed by atoms with Crippen LogP contribution in [-0.2, 0) is 9.57 Å². The van der Waals surface area contributed by atoms with Crippen LogP contribution in [0.2, 0.25) is 0 Å². The lowest BCUT2D eigenvalue weighted by atomic mass is 10.1. The third-order valence-electron chi connectivity index (χ3n) is 4.78. The number of hydrogen-bond acceptors (Lipinski definition) is 8. The summed E-state index contributed by atoms with van der Waals surface area (Å²) >= 11 is 0. The van der Waals surface area contributed by atoms with Crippen molar-refractivity contribution < 1.29 is 14.4 Å². The lowest BCUT2D eigenvalue weighted by Crippen LogP contribution is -2.41. The van der Waals surface area contributed by atoms with Crippen LogP contribution in [0.4, 0.5) is 4.79 Å². The van der Waals surface area contributed by atoms with Crippen molar-refractivity contribution in [3.63, 3.8) is 0 Å². The Labute approximate surface area is 187 Å². The van der Waals surface area contributed by atoms with Gasteiger partial charge in [-0.25, -0.2) is 19.8 Å². The van der Waals surface area contributed by atoms with Crippen LogP contribution in [0, 0.1) is 11.3 Å². The van der Waals surface area contributed by atoms with E-state index in [9.17, 15) is 4.79 Å². The third kappa shape index (κ3) is 5.88. The number of carbonyl (C=O) groups excluding carboxylic acids is 1. The Morgan fingerprint density at radius 2 is 2.16 bits per heavy atom. The number of amides is 1. The highest BCUT2D eigenvalue weighted by Gasteiger charge is 2.32. The standard InChI is InChI=1S/C23H26N6O3/c1-23(2,3)31-22(30)29-10-6-9-18(29)14-26-21(32-25-4)20-12-19(27-15-28-20)17-8-5-7-16(11-17)13-24/h5,7-8,11-12,15,18H,4,6,9-10,14H2,1-3H3. The van der Waals surface area contributed by atoms with Gasteiger partial charge in [0, 0.05) is 18.8 Å². The van der Waals surface area contributed by atoms with E-state index in [2.05, 4.69) is 32.9 Å². The molecule has 0 N–H and O–H groups in total. The van der Waals surface area contributed by atoms with Crippen molar-refractivity contribution >= 4 is 18.7 Å². The normalized spacial score (nSPS) is 16.4. The number of aliphatic imine (C=N–C) groups is 1. The molecule has 9 heteroatoms. The minimum Gasteiger partial charge on any atom is -0.444 e. The van der Waals surface area contributed by atoms with Crippen LogP contribution in [0.15, 0.2) is 46.8 Å². The van der Waals surface area contributed by atoms with Crippen LogP contribution >= 0.6 is 0 Å². The molecule has 1 aliphatic rings. The summed E-state index contributed by atoms with van der Waals surface area (Å²) in [6, 6.07) is 10.8. The van der Waals surface area contributed by atoms with Gasteiger partial charge in [-0.2, -0.15) is 5.26 Å². The summed E-state index contributed by atoms with van der Waals surface area (Å²) in [6.07, 6.45) is 2.74. The molecular formula is C23H26N6O3. The van der Waals surface area contributed by atoms with Crippen LogP contribution in [0.1, 0.15) is 44.9 Å². The Bertz CT molecular complexity index is 1050. The highest BCUT2D eigenvalue weighted by molar-refractivity contribution is 5.93. The highest BCUT2D eigenvalue weighted by Crippen LogP contribution is 2.22. The molecule has 1 aromatic heterocycles. The molecule has 1 aliphatic heterocycles. The van der Waals surface area contributed by atoms with Crippen molar-refractivity contribution in [3.8, 4) is 17.3 Å². The van der Waals surface area contributed by atoms with E-state index < -0.39 is 5.60 Å². The molecule has 2 aromatic rings. The fourth-order valence-electron chi connectivity index (χ4n) is 3.37. The van der Waals surface area contributed by atoms with E-state index in [1.54, 1.807) is 29.2 Å². The first-order valence-corrected chi connectivity index (χ1v) is 10.3. The molecule has 0 bridgehead atoms. The molecule has 1 atom stereocenters. The van der Waals surface area contributed by atoms with Gasteiger partial charge in [0.2, 0.25) is 0 Å². The molecule has 3 rings (SSSR count). The highest BCUT2D eigenvalue weighted by atomic mass is 16.6. The van der Waals surface area contributed by atoms with Crippen LogP contribution in [0.5, 0.6) is 0 Å². The summed E-state index contributed by atoms with van der Waals surface area (Å²) in [4.78, 5) is 32.6. The zero-order valence-corrected chi connectivity index (χ0v) is 18.5. The van der Waals surface area contributed by atoms with E-state index in [4.69, 9.17) is 14.8 Å². The zero-order valence-electron chi connectivity index (χ0n) is 18.5. The number of aromatic nitrogens is 2. The van der Waals surface area contributed by atoms with Crippen LogP contribution in [0.3, 0.4) is 0 Å². The number of ether oxygens (including phenoxy) is 1. The van der Waals surface area contributed by atoms with E-state index in [1.807, 2.05) is 26.8 Å². The lowest BCUT2D eigenvalue weighted by Gasteiger charge is -2.27. The number of oxime groups is 1. The Morgan fingerprint density at radius 1 is 1.34 bits per heavy atom. The first-order chi connectivity index (χ1) is 15.3. The Balaban J connectivity index is 1.81. The van der Waals surface area contributed by atoms with Gasteiger partial charge in [0.25, 0.3) is 5.90 Å². The van der Waals surface area contributed by atoms with Crippen molar-refractivity contribution in [1.82, 2.24) is 14.9 Å². The molecule has 0 radical (unpaired) electrons. The van der Waals surface area contributed by atoms with Gasteiger partial charge in [-0.3, -0.25) is 0 Å². The molecule has 1 aromatic carbocycles. The van der Waals surface area contributed by atoms with E-state index in [0.29, 0.717) is 30.0 Å². The number of hydrogen-bond donors (Lipinski definition) is 0. The van der Waals surface area contributed by atoms with E-state index in [1.165, 1.54) is 6.33 Å². The number of benzene rings is 1. The first kappa shape index (κ1) is 22.9. The van der Waals surface area contributed by atoms with Gasteiger partial charge in [-0.05, 0) is 51.8 Å². The second-order valence-electron chi connectivity index (χ2n) is 8.32. The van der Waals surface area contributed by atoms with Crippen LogP contribution in [-0.4, -0.2) is 58.3 Å². The van der Waals surface area contributed by atoms with Crippen molar-refractivity contribution in [2.75, 3.05) is 13.1 Å². The topological polar surface area (TPSA) is 113 Å². The number of rotatable bonds is 5. The van der Waals surface area contributed by atoms with E-state index in [-0.39, 0.29) is 18.0 Å². The third-order valence-corrected chi connectivity index (χ3v) is 4.78. The van der Waals surface area contributed by atoms with Crippen molar-refractivity contribution in [2.24, 2.45) is 10.1 Å². The van der Waals surface area contributed by atoms with Crippen molar-refractivity contribution in [1.29, 1.82) is 5.26 Å². The molecule has 1 amide bonds. The summed E-state index contributed by atoms with van der Waals surface area (Å²) in [6.45, 7) is 9.84. The van der Waals surface area contributed by atoms with E-state index in [0.717, 1.165) is 18.4 Å². The van der Waals surface area contributed by atoms with E-state index >= 15 is 0 Å². The molecule has 166 valence electrons. The zero-order chi connectivity index (χ0) is 23.1. The van der Waals surface area contributed by atoms with Crippen LogP contribution in [0.25, 0.3) is 11.3 Å². The molecule has 9 nitrogen and oxygen atoms in total. The van der Waals surface area contributed by atoms with Gasteiger partial charge in [-0.15, -0.1) is 0 Å². The fraction of sp³-hybridized carbons (Fsp3) is 0.391. The maximum Gasteiger partial charge on any atom is 0.410 e. The number of nitriles is 1. The van der Waals surface area contributed by atoms with Crippen LogP contribution < -0.4 is 0 Å². The first-order valence-electron chi connectivity index (χ1n) is 10.3. The molecule has 2 heterocycles. The second-order valence-corrected chi connectivity index (χ2v) is 8.32. The monoisotopic (exact) mass is 434 g/mol. The summed E-state index contributed by atoms with van der Waals surface area (Å²) in [7, 11) is 0. The fourth-order valence-corrected chi connectivity index (χ4v) is 3.37. The summed E-state index contributed by atoms with van der Waals surface area (Å²) < 4.78 is 5.51. The molecule has 1 saturated heterocycles. The van der Waals surface area contributed by atoms with Gasteiger partial charge < -0.3 is 14.5 Å². The average molecular weight is 435 g/mol. The van der Waals surface area contributed by atoms with Crippen molar-refractivity contribution in [2.45, 2.75) is 45.3 Å². The predicted octanol–water partition coefficient (Wildman–Crippen LogP) is 3.79. The summed E-state index contributed by atoms with van der Waals surface area (Å²) in [5.41, 5.74) is 1.78. The summed E-state index contributed by atoms with van der Waals surface area (Å²) in [5, 5.41) is 12.6. The molecule has 0 saturated carbocycles. The number of carbonyl (C=O) groups is 1. The Kier molecular flexibility index (Phi) is 7.15. The Hall–Kier alpha value is -3.80. The minimum atomic E-state index is -0.561. The number of nitrogens with zero attached hydrogens (tertiary/aromatic N) is 6. The SMILES string of the molecule is C=NOC(=NCC1CCCN1C(=O)OC(C)(C)C)c1cc(-c2cccc(C#N)c2)ncn1. The molecule has 1 fully saturated rings. The number of likely N-dealkylation sites (tertiary alicyclic amines) is 1. The predicted molar refractivity (Wildman–Crippen MR) is 120 cm³/mol. The van der Waals surface area contributed by atoms with Gasteiger partial charge >= 0.3 is 6.09 Å². The molecule has 32 heavy (non-hydrogen) atoms. The molecule has 0 aliphatic carbocycles. The smallest absolute Gasteiger partial charge is 0.410 e. The lowest BCUT2D eigenvalue weighted by molar-refractivity contribution is 0.0232. The molecular weight excluding hydrogens is 408 g/mol. The Morgan fingerprint density at radius 3 is 2.88 bits per heavy atom. The molecule has 0 spiro atoms. The maximum absolute atomic E-state index is 12.5. The maximum atomic E-state index is 12.5. The minimum absolute atomic E-state index is 0.109. The summed E-state index contributed by atoms with van der Waals surface area (Å²) in [5.74, 6) is 0.177. The van der Waals surface area contributed by atoms with Crippen molar-refractivity contribution in [3.05, 3.63) is 47.9 Å². The largest absolute Gasteiger partial charge is 0.444 e. The van der Waals surface area contributed by atoms with Gasteiger partial charge in [0.1, 0.15) is 17.6 Å². The van der Waals surface area contributed by atoms with Gasteiger partial charge in [0.05, 0.1) is 29.9 Å². The molecule has 1 unspecified atom stereocenters.